The molecule has 3 aliphatic heterocycles. The Hall–Kier alpha value is -2.39. The highest BCUT2D eigenvalue weighted by molar-refractivity contribution is 5.73. The van der Waals surface area contributed by atoms with Crippen LogP contribution in [-0.4, -0.2) is 164 Å². The van der Waals surface area contributed by atoms with E-state index in [1.165, 1.54) is 6.92 Å². The predicted molar refractivity (Wildman–Crippen MR) is 245 cm³/mol. The van der Waals surface area contributed by atoms with Crippen LogP contribution in [0.4, 0.5) is 0 Å². The lowest BCUT2D eigenvalue weighted by Crippen LogP contribution is -2.70. The summed E-state index contributed by atoms with van der Waals surface area (Å²) in [6.45, 7) is 21.0. The molecule has 376 valence electrons. The number of methoxy groups -OCH3 is 3. The van der Waals surface area contributed by atoms with Crippen molar-refractivity contribution in [3.8, 4) is 17.2 Å². The fraction of sp³-hybridized carbons (Fsp3) is 0.854. The number of ether oxygens (including phenoxy) is 9. The number of aliphatic hydroxyl groups excluding tert-OH is 1. The minimum Gasteiger partial charge on any atom is -0.493 e. The van der Waals surface area contributed by atoms with Crippen molar-refractivity contribution in [2.75, 3.05) is 48.0 Å². The molecule has 3 heterocycles. The molecule has 1 aromatic rings. The Morgan fingerprint density at radius 3 is 2.18 bits per heavy atom. The van der Waals surface area contributed by atoms with Crippen molar-refractivity contribution in [1.82, 2.24) is 16.0 Å². The first-order chi connectivity index (χ1) is 30.5. The molecule has 3 aliphatic rings. The minimum atomic E-state index is -1.83. The van der Waals surface area contributed by atoms with E-state index >= 15 is 0 Å². The zero-order chi connectivity index (χ0) is 48.7. The van der Waals surface area contributed by atoms with Crippen LogP contribution in [0, 0.1) is 17.8 Å². The second-order valence-corrected chi connectivity index (χ2v) is 19.7. The Morgan fingerprint density at radius 2 is 1.58 bits per heavy atom. The first kappa shape index (κ1) is 55.2. The van der Waals surface area contributed by atoms with Crippen LogP contribution in [-0.2, 0) is 33.2 Å². The van der Waals surface area contributed by atoms with Gasteiger partial charge in [-0.05, 0) is 112 Å². The quantitative estimate of drug-likeness (QED) is 0.0986. The molecule has 0 aromatic heterocycles. The van der Waals surface area contributed by atoms with Crippen molar-refractivity contribution in [2.24, 2.45) is 17.8 Å². The Bertz CT molecular complexity index is 1640. The molecule has 0 spiro atoms. The molecule has 65 heavy (non-hydrogen) atoms. The normalized spacial score (nSPS) is 42.6. The van der Waals surface area contributed by atoms with Crippen molar-refractivity contribution >= 4 is 5.97 Å². The number of aliphatic hydroxyl groups is 4. The molecule has 17 heteroatoms. The summed E-state index contributed by atoms with van der Waals surface area (Å²) in [7, 11) is 6.49. The number of carbonyl (C=O) groups is 1. The molecule has 0 bridgehead atoms. The van der Waals surface area contributed by atoms with Gasteiger partial charge in [0.25, 0.3) is 0 Å². The average molecular weight is 928 g/mol. The van der Waals surface area contributed by atoms with E-state index in [0.29, 0.717) is 36.8 Å². The molecule has 1 aromatic carbocycles. The highest BCUT2D eigenvalue weighted by Gasteiger charge is 2.58. The number of nitrogens with one attached hydrogen (secondary N) is 3. The van der Waals surface area contributed by atoms with Gasteiger partial charge in [-0.25, -0.2) is 0 Å². The summed E-state index contributed by atoms with van der Waals surface area (Å²) in [5, 5.41) is 58.4. The van der Waals surface area contributed by atoms with Crippen molar-refractivity contribution in [1.29, 1.82) is 0 Å². The van der Waals surface area contributed by atoms with Crippen LogP contribution >= 0.6 is 0 Å². The van der Waals surface area contributed by atoms with E-state index in [1.807, 2.05) is 41.7 Å². The standard InChI is InChI=1S/C48H85N3O14/c1-16-20-50-26-48(56)32(8)61-38(24-46(48,10)59-15)64-39-29(5)42(65-44-40(34(49-12)21-28(4)60-44)62-33-18-19-35(57-13)36(22-33)58-14)45(9,54)23-27(3)25-51-31(7)41(52)47(11,55)37(17-2)63-43(53)30(39)6/h18-19,22,27-32,34,37-42,44,49-52,54-56H,16-17,20-21,23-26H2,1-15H3/t27-,28-,29+,30-,31-,32+,34+,37-,38+,39+,40-,41-,42-,44+,45-,46-,47-,48+/m1/s1. The van der Waals surface area contributed by atoms with Gasteiger partial charge in [0.15, 0.2) is 30.2 Å². The molecule has 18 atom stereocenters. The summed E-state index contributed by atoms with van der Waals surface area (Å²) >= 11 is 0. The number of rotatable bonds is 15. The van der Waals surface area contributed by atoms with Crippen molar-refractivity contribution < 1.29 is 67.9 Å². The monoisotopic (exact) mass is 928 g/mol. The topological polar surface area (TPSA) is 217 Å². The molecule has 0 radical (unpaired) electrons. The van der Waals surface area contributed by atoms with Crippen LogP contribution in [0.25, 0.3) is 0 Å². The van der Waals surface area contributed by atoms with Crippen molar-refractivity contribution in [3.63, 3.8) is 0 Å². The van der Waals surface area contributed by atoms with E-state index in [1.54, 1.807) is 74.1 Å². The lowest BCUT2D eigenvalue weighted by atomic mass is 9.75. The molecule has 4 rings (SSSR count). The number of carbonyl (C=O) groups excluding carboxylic acids is 1. The Balaban J connectivity index is 1.86. The molecule has 3 fully saturated rings. The first-order valence-electron chi connectivity index (χ1n) is 23.7. The number of cyclic esters (lactones) is 1. The van der Waals surface area contributed by atoms with Gasteiger partial charge in [0, 0.05) is 38.1 Å². The van der Waals surface area contributed by atoms with E-state index in [0.717, 1.165) is 6.42 Å². The van der Waals surface area contributed by atoms with Crippen LogP contribution in [0.5, 0.6) is 17.2 Å². The smallest absolute Gasteiger partial charge is 0.311 e. The van der Waals surface area contributed by atoms with Gasteiger partial charge in [0.1, 0.15) is 34.8 Å². The van der Waals surface area contributed by atoms with Gasteiger partial charge in [0.2, 0.25) is 0 Å². The van der Waals surface area contributed by atoms with Crippen molar-refractivity contribution in [3.05, 3.63) is 18.2 Å². The Kier molecular flexibility index (Phi) is 19.8. The number of hydrogen-bond donors (Lipinski definition) is 7. The maximum Gasteiger partial charge on any atom is 0.311 e. The lowest BCUT2D eigenvalue weighted by Gasteiger charge is -2.53. The number of esters is 1. The Labute approximate surface area is 388 Å². The fourth-order valence-electron chi connectivity index (χ4n) is 10.2. The van der Waals surface area contributed by atoms with Crippen LogP contribution in [0.1, 0.15) is 108 Å². The number of hydrogen-bond acceptors (Lipinski definition) is 17. The van der Waals surface area contributed by atoms with Crippen LogP contribution in [0.3, 0.4) is 0 Å². The van der Waals surface area contributed by atoms with Gasteiger partial charge in [-0.1, -0.05) is 27.7 Å². The first-order valence-corrected chi connectivity index (χ1v) is 23.7. The Morgan fingerprint density at radius 1 is 0.908 bits per heavy atom. The average Bonchev–Trinajstić information content (AvgIpc) is 3.26. The maximum absolute atomic E-state index is 14.6. The third-order valence-corrected chi connectivity index (χ3v) is 14.4. The molecule has 17 nitrogen and oxygen atoms in total. The molecular weight excluding hydrogens is 843 g/mol. The fourth-order valence-corrected chi connectivity index (χ4v) is 10.2. The van der Waals surface area contributed by atoms with E-state index in [-0.39, 0.29) is 43.9 Å². The minimum absolute atomic E-state index is 0.0818. The summed E-state index contributed by atoms with van der Waals surface area (Å²) < 4.78 is 57.2. The van der Waals surface area contributed by atoms with Gasteiger partial charge >= 0.3 is 5.97 Å². The van der Waals surface area contributed by atoms with E-state index in [2.05, 4.69) is 16.0 Å². The highest BCUT2D eigenvalue weighted by atomic mass is 16.7. The van der Waals surface area contributed by atoms with Crippen LogP contribution in [0.15, 0.2) is 18.2 Å². The van der Waals surface area contributed by atoms with E-state index in [9.17, 15) is 25.2 Å². The molecular formula is C48H85N3O14. The second kappa shape index (κ2) is 23.3. The molecule has 3 saturated heterocycles. The molecule has 0 saturated carbocycles. The van der Waals surface area contributed by atoms with Crippen molar-refractivity contribution in [2.45, 2.75) is 198 Å². The number of likely N-dealkylation sites (N-methyl/N-ethyl adjacent to an activating group) is 1. The van der Waals surface area contributed by atoms with Gasteiger partial charge in [-0.3, -0.25) is 4.79 Å². The summed E-state index contributed by atoms with van der Waals surface area (Å²) in [6, 6.07) is 4.38. The lowest BCUT2D eigenvalue weighted by molar-refractivity contribution is -0.335. The SMILES string of the molecule is CCCNC[C@]1(O)[C@H](C)O[C@@H](O[C@H]2[C@H](C)[C@@H](O[C@@H]3O[C@H](C)C[C@H](NC)[C@H]3Oc3ccc(OC)c(OC)c3)[C@](C)(O)C[C@@H](C)CN[C@H](C)[C@@H](O)[C@](C)(O)[C@@H](CC)OC(=O)[C@@H]2C)C[C@@]1(C)OC. The van der Waals surface area contributed by atoms with Gasteiger partial charge in [-0.2, -0.15) is 0 Å². The van der Waals surface area contributed by atoms with Crippen LogP contribution < -0.4 is 30.2 Å². The second-order valence-electron chi connectivity index (χ2n) is 19.7. The summed E-state index contributed by atoms with van der Waals surface area (Å²) in [5.41, 5.74) is -6.05. The molecule has 7 N–H and O–H groups in total. The van der Waals surface area contributed by atoms with Gasteiger partial charge in [0.05, 0.1) is 56.2 Å². The molecule has 0 unspecified atom stereocenters. The van der Waals surface area contributed by atoms with Gasteiger partial charge < -0.3 is 79.0 Å². The number of benzene rings is 1. The van der Waals surface area contributed by atoms with Crippen LogP contribution in [0.2, 0.25) is 0 Å². The van der Waals surface area contributed by atoms with E-state index < -0.39 is 95.5 Å². The third-order valence-electron chi connectivity index (χ3n) is 14.4. The summed E-state index contributed by atoms with van der Waals surface area (Å²) in [4.78, 5) is 14.6. The maximum atomic E-state index is 14.6. The van der Waals surface area contributed by atoms with Gasteiger partial charge in [-0.15, -0.1) is 0 Å². The molecule has 0 aliphatic carbocycles. The zero-order valence-electron chi connectivity index (χ0n) is 41.8. The van der Waals surface area contributed by atoms with E-state index in [4.69, 9.17) is 42.6 Å². The largest absolute Gasteiger partial charge is 0.493 e. The summed E-state index contributed by atoms with van der Waals surface area (Å²) in [5.74, 6) is -1.25. The summed E-state index contributed by atoms with van der Waals surface area (Å²) in [6.07, 6.45) is -6.49. The molecule has 0 amide bonds. The zero-order valence-corrected chi connectivity index (χ0v) is 41.8. The third kappa shape index (κ3) is 12.6. The highest BCUT2D eigenvalue weighted by Crippen LogP contribution is 2.43. The predicted octanol–water partition coefficient (Wildman–Crippen LogP) is 3.69.